The number of aryl methyl sites for hydroxylation is 2. The summed E-state index contributed by atoms with van der Waals surface area (Å²) in [7, 11) is 3.51. The number of fused-ring (bicyclic) bond motifs is 2. The van der Waals surface area contributed by atoms with Crippen LogP contribution < -0.4 is 20.3 Å². The molecule has 1 aliphatic rings. The van der Waals surface area contributed by atoms with Crippen molar-refractivity contribution >= 4 is 49.7 Å². The van der Waals surface area contributed by atoms with Crippen molar-refractivity contribution in [2.45, 2.75) is 32.7 Å². The van der Waals surface area contributed by atoms with Crippen LogP contribution in [0.4, 0.5) is 11.4 Å². The van der Waals surface area contributed by atoms with Crippen LogP contribution in [-0.2, 0) is 7.05 Å². The lowest BCUT2D eigenvalue weighted by molar-refractivity contribution is 0.102. The lowest BCUT2D eigenvalue weighted by Gasteiger charge is -2.34. The maximum Gasteiger partial charge on any atom is 0.257 e. The van der Waals surface area contributed by atoms with Gasteiger partial charge in [-0.15, -0.1) is 11.3 Å². The standard InChI is InChI=1S/C25H30N6O2S/c1-5-26-16-8-10-31(11-9-16)20-7-6-18(23-19(20)14-30(3)29-23)25(32)28-17-12-21(33-4)24-22(13-17)34-15(2)27-24/h6-7,12-14,16,26H,5,8-11H2,1-4H3,(H,28,32). The number of rotatable bonds is 6. The van der Waals surface area contributed by atoms with Gasteiger partial charge in [0.1, 0.15) is 16.8 Å². The highest BCUT2D eigenvalue weighted by Crippen LogP contribution is 2.34. The molecule has 2 aromatic heterocycles. The molecule has 2 aromatic carbocycles. The Balaban J connectivity index is 1.44. The molecule has 0 radical (unpaired) electrons. The molecule has 1 fully saturated rings. The van der Waals surface area contributed by atoms with Gasteiger partial charge in [-0.2, -0.15) is 5.10 Å². The van der Waals surface area contributed by atoms with E-state index in [0.717, 1.165) is 58.8 Å². The Kier molecular flexibility index (Phi) is 6.14. The van der Waals surface area contributed by atoms with Crippen LogP contribution in [0.5, 0.6) is 5.75 Å². The molecule has 0 spiro atoms. The van der Waals surface area contributed by atoms with Gasteiger partial charge in [0.05, 0.1) is 22.4 Å². The smallest absolute Gasteiger partial charge is 0.257 e. The Hall–Kier alpha value is -3.17. The molecule has 1 aliphatic heterocycles. The van der Waals surface area contributed by atoms with Gasteiger partial charge in [0.2, 0.25) is 0 Å². The lowest BCUT2D eigenvalue weighted by Crippen LogP contribution is -2.42. The summed E-state index contributed by atoms with van der Waals surface area (Å²) in [5.74, 6) is 0.459. The molecule has 0 saturated carbocycles. The Morgan fingerprint density at radius 1 is 1.24 bits per heavy atom. The van der Waals surface area contributed by atoms with Gasteiger partial charge in [-0.05, 0) is 44.5 Å². The summed E-state index contributed by atoms with van der Waals surface area (Å²) in [5, 5.41) is 13.2. The fourth-order valence-corrected chi connectivity index (χ4v) is 5.70. The van der Waals surface area contributed by atoms with E-state index in [-0.39, 0.29) is 5.91 Å². The average molecular weight is 479 g/mol. The number of carbonyl (C=O) groups is 1. The Bertz CT molecular complexity index is 1350. The van der Waals surface area contributed by atoms with Crippen molar-refractivity contribution in [2.75, 3.05) is 37.0 Å². The summed E-state index contributed by atoms with van der Waals surface area (Å²) in [4.78, 5) is 20.3. The zero-order valence-corrected chi connectivity index (χ0v) is 20.8. The topological polar surface area (TPSA) is 84.3 Å². The number of hydrogen-bond acceptors (Lipinski definition) is 7. The molecule has 0 unspecified atom stereocenters. The van der Waals surface area contributed by atoms with Crippen molar-refractivity contribution in [3.05, 3.63) is 41.0 Å². The third kappa shape index (κ3) is 4.21. The molecule has 178 valence electrons. The summed E-state index contributed by atoms with van der Waals surface area (Å²) in [5.41, 5.74) is 3.90. The van der Waals surface area contributed by atoms with Crippen molar-refractivity contribution in [3.8, 4) is 5.75 Å². The molecule has 0 aliphatic carbocycles. The summed E-state index contributed by atoms with van der Waals surface area (Å²) in [6.07, 6.45) is 4.23. The number of piperidine rings is 1. The number of ether oxygens (including phenoxy) is 1. The van der Waals surface area contributed by atoms with Gasteiger partial charge in [0.15, 0.2) is 0 Å². The molecule has 2 N–H and O–H groups in total. The minimum atomic E-state index is -0.191. The number of nitrogens with one attached hydrogen (secondary N) is 2. The van der Waals surface area contributed by atoms with Crippen LogP contribution in [-0.4, -0.2) is 53.5 Å². The van der Waals surface area contributed by atoms with E-state index in [1.165, 1.54) is 0 Å². The fraction of sp³-hybridized carbons (Fsp3) is 0.400. The Morgan fingerprint density at radius 3 is 2.76 bits per heavy atom. The molecular weight excluding hydrogens is 448 g/mol. The highest BCUT2D eigenvalue weighted by atomic mass is 32.1. The van der Waals surface area contributed by atoms with E-state index in [2.05, 4.69) is 38.6 Å². The molecule has 9 heteroatoms. The molecule has 5 rings (SSSR count). The van der Waals surface area contributed by atoms with Crippen LogP contribution >= 0.6 is 11.3 Å². The fourth-order valence-electron chi connectivity index (χ4n) is 4.81. The van der Waals surface area contributed by atoms with Gasteiger partial charge in [-0.25, -0.2) is 4.98 Å². The maximum atomic E-state index is 13.3. The second kappa shape index (κ2) is 9.23. The molecule has 4 aromatic rings. The Morgan fingerprint density at radius 2 is 2.03 bits per heavy atom. The van der Waals surface area contributed by atoms with E-state index in [9.17, 15) is 4.79 Å². The van der Waals surface area contributed by atoms with E-state index < -0.39 is 0 Å². The van der Waals surface area contributed by atoms with Crippen LogP contribution in [0, 0.1) is 6.92 Å². The first-order valence-electron chi connectivity index (χ1n) is 11.7. The minimum absolute atomic E-state index is 0.191. The van der Waals surface area contributed by atoms with Gasteiger partial charge in [0, 0.05) is 55.2 Å². The summed E-state index contributed by atoms with van der Waals surface area (Å²) in [6, 6.07) is 8.29. The molecule has 8 nitrogen and oxygen atoms in total. The number of carbonyl (C=O) groups excluding carboxylic acids is 1. The van der Waals surface area contributed by atoms with Crippen molar-refractivity contribution in [1.29, 1.82) is 0 Å². The van der Waals surface area contributed by atoms with Crippen LogP contribution in [0.15, 0.2) is 30.5 Å². The van der Waals surface area contributed by atoms with Crippen molar-refractivity contribution in [3.63, 3.8) is 0 Å². The summed E-state index contributed by atoms with van der Waals surface area (Å²) < 4.78 is 8.28. The van der Waals surface area contributed by atoms with Gasteiger partial charge in [0.25, 0.3) is 5.91 Å². The number of methoxy groups -OCH3 is 1. The van der Waals surface area contributed by atoms with Crippen LogP contribution in [0.3, 0.4) is 0 Å². The van der Waals surface area contributed by atoms with Crippen LogP contribution in [0.25, 0.3) is 21.1 Å². The molecule has 34 heavy (non-hydrogen) atoms. The molecule has 0 bridgehead atoms. The van der Waals surface area contributed by atoms with Crippen molar-refractivity contribution < 1.29 is 9.53 Å². The first-order chi connectivity index (χ1) is 16.5. The zero-order valence-electron chi connectivity index (χ0n) is 20.0. The van der Waals surface area contributed by atoms with E-state index in [0.29, 0.717) is 28.6 Å². The molecule has 1 saturated heterocycles. The molecule has 1 amide bonds. The van der Waals surface area contributed by atoms with Crippen LogP contribution in [0.1, 0.15) is 35.1 Å². The van der Waals surface area contributed by atoms with E-state index >= 15 is 0 Å². The van der Waals surface area contributed by atoms with Gasteiger partial charge in [-0.1, -0.05) is 6.92 Å². The zero-order chi connectivity index (χ0) is 23.8. The SMILES string of the molecule is CCNC1CCN(c2ccc(C(=O)Nc3cc(OC)c4nc(C)sc4c3)c3nn(C)cc23)CC1. The number of nitrogens with zero attached hydrogens (tertiary/aromatic N) is 4. The number of anilines is 2. The minimum Gasteiger partial charge on any atom is -0.494 e. The van der Waals surface area contributed by atoms with Crippen LogP contribution in [0.2, 0.25) is 0 Å². The van der Waals surface area contributed by atoms with E-state index in [4.69, 9.17) is 4.74 Å². The third-order valence-corrected chi connectivity index (χ3v) is 7.30. The summed E-state index contributed by atoms with van der Waals surface area (Å²) in [6.45, 7) is 7.09. The van der Waals surface area contributed by atoms with Crippen molar-refractivity contribution in [2.24, 2.45) is 7.05 Å². The predicted molar refractivity (Wildman–Crippen MR) is 138 cm³/mol. The highest BCUT2D eigenvalue weighted by molar-refractivity contribution is 7.18. The predicted octanol–water partition coefficient (Wildman–Crippen LogP) is 4.33. The lowest BCUT2D eigenvalue weighted by atomic mass is 10.0. The quantitative estimate of drug-likeness (QED) is 0.429. The molecule has 3 heterocycles. The first kappa shape index (κ1) is 22.6. The second-order valence-electron chi connectivity index (χ2n) is 8.73. The van der Waals surface area contributed by atoms with Gasteiger partial charge in [-0.3, -0.25) is 9.48 Å². The third-order valence-electron chi connectivity index (χ3n) is 6.39. The number of benzene rings is 2. The monoisotopic (exact) mass is 478 g/mol. The first-order valence-corrected chi connectivity index (χ1v) is 12.5. The number of aromatic nitrogens is 3. The number of amides is 1. The highest BCUT2D eigenvalue weighted by Gasteiger charge is 2.23. The van der Waals surface area contributed by atoms with Gasteiger partial charge >= 0.3 is 0 Å². The number of hydrogen-bond donors (Lipinski definition) is 2. The van der Waals surface area contributed by atoms with E-state index in [1.807, 2.05) is 38.4 Å². The van der Waals surface area contributed by atoms with E-state index in [1.54, 1.807) is 23.1 Å². The second-order valence-corrected chi connectivity index (χ2v) is 9.96. The normalized spacial score (nSPS) is 14.8. The number of thiazole rings is 1. The van der Waals surface area contributed by atoms with Crippen molar-refractivity contribution in [1.82, 2.24) is 20.1 Å². The maximum absolute atomic E-state index is 13.3. The average Bonchev–Trinajstić information content (AvgIpc) is 3.39. The summed E-state index contributed by atoms with van der Waals surface area (Å²) >= 11 is 1.58. The Labute approximate surface area is 202 Å². The van der Waals surface area contributed by atoms with Gasteiger partial charge < -0.3 is 20.3 Å². The molecule has 0 atom stereocenters. The largest absolute Gasteiger partial charge is 0.494 e. The molecular formula is C25H30N6O2S.